The lowest BCUT2D eigenvalue weighted by Gasteiger charge is -2.31. The van der Waals surface area contributed by atoms with Gasteiger partial charge in [-0.3, -0.25) is 4.90 Å². The van der Waals surface area contributed by atoms with Crippen LogP contribution in [-0.2, 0) is 18.3 Å². The summed E-state index contributed by atoms with van der Waals surface area (Å²) in [7, 11) is 2.09. The Morgan fingerprint density at radius 3 is 2.55 bits per heavy atom. The summed E-state index contributed by atoms with van der Waals surface area (Å²) in [5, 5.41) is 3.72. The third-order valence-corrected chi connectivity index (χ3v) is 4.33. The number of aryl methyl sites for hydroxylation is 1. The Morgan fingerprint density at radius 1 is 1.09 bits per heavy atom. The highest BCUT2D eigenvalue weighted by Gasteiger charge is 2.18. The van der Waals surface area contributed by atoms with E-state index in [0.717, 1.165) is 39.4 Å². The fourth-order valence-corrected chi connectivity index (χ4v) is 2.92. The number of aromatic nitrogens is 1. The molecule has 2 aromatic rings. The summed E-state index contributed by atoms with van der Waals surface area (Å²) in [4.78, 5) is 2.49. The van der Waals surface area contributed by atoms with Gasteiger partial charge in [0.2, 0.25) is 0 Å². The van der Waals surface area contributed by atoms with Gasteiger partial charge in [0, 0.05) is 51.2 Å². The van der Waals surface area contributed by atoms with Crippen LogP contribution in [-0.4, -0.2) is 42.3 Å². The van der Waals surface area contributed by atoms with E-state index >= 15 is 0 Å². The van der Waals surface area contributed by atoms with Crippen molar-refractivity contribution in [3.8, 4) is 0 Å². The number of ether oxygens (including phenoxy) is 1. The van der Waals surface area contributed by atoms with Crippen LogP contribution in [0.2, 0.25) is 0 Å². The monoisotopic (exact) mass is 299 g/mol. The van der Waals surface area contributed by atoms with E-state index in [4.69, 9.17) is 4.74 Å². The summed E-state index contributed by atoms with van der Waals surface area (Å²) < 4.78 is 7.63. The molecule has 118 valence electrons. The third-order valence-electron chi connectivity index (χ3n) is 4.33. The van der Waals surface area contributed by atoms with Crippen LogP contribution in [0.15, 0.2) is 48.7 Å². The maximum atomic E-state index is 5.46. The molecule has 4 nitrogen and oxygen atoms in total. The average molecular weight is 299 g/mol. The molecule has 1 atom stereocenters. The zero-order valence-corrected chi connectivity index (χ0v) is 13.2. The first-order valence-corrected chi connectivity index (χ1v) is 8.01. The van der Waals surface area contributed by atoms with Crippen molar-refractivity contribution >= 4 is 0 Å². The Morgan fingerprint density at radius 2 is 1.86 bits per heavy atom. The Hall–Kier alpha value is -1.62. The van der Waals surface area contributed by atoms with Crippen molar-refractivity contribution in [1.82, 2.24) is 14.8 Å². The number of rotatable bonds is 6. The van der Waals surface area contributed by atoms with Gasteiger partial charge in [0.25, 0.3) is 0 Å². The summed E-state index contributed by atoms with van der Waals surface area (Å²) in [6, 6.07) is 15.3. The van der Waals surface area contributed by atoms with E-state index in [1.54, 1.807) is 0 Å². The van der Waals surface area contributed by atoms with Gasteiger partial charge in [-0.05, 0) is 17.7 Å². The van der Waals surface area contributed by atoms with E-state index in [0.29, 0.717) is 6.04 Å². The minimum absolute atomic E-state index is 0.342. The van der Waals surface area contributed by atoms with Gasteiger partial charge in [0.15, 0.2) is 0 Å². The highest BCUT2D eigenvalue weighted by Crippen LogP contribution is 2.16. The van der Waals surface area contributed by atoms with Gasteiger partial charge in [-0.1, -0.05) is 30.3 Å². The lowest BCUT2D eigenvalue weighted by Crippen LogP contribution is -2.41. The first-order valence-electron chi connectivity index (χ1n) is 8.01. The molecule has 0 radical (unpaired) electrons. The van der Waals surface area contributed by atoms with Crippen molar-refractivity contribution in [3.63, 3.8) is 0 Å². The summed E-state index contributed by atoms with van der Waals surface area (Å²) >= 11 is 0. The van der Waals surface area contributed by atoms with Crippen molar-refractivity contribution in [3.05, 3.63) is 59.9 Å². The van der Waals surface area contributed by atoms with E-state index in [2.05, 4.69) is 70.5 Å². The zero-order valence-electron chi connectivity index (χ0n) is 13.2. The molecular weight excluding hydrogens is 274 g/mol. The normalized spacial score (nSPS) is 17.5. The summed E-state index contributed by atoms with van der Waals surface area (Å²) in [5.74, 6) is 0. The van der Waals surface area contributed by atoms with Crippen LogP contribution in [0.1, 0.15) is 17.3 Å². The van der Waals surface area contributed by atoms with Crippen molar-refractivity contribution < 1.29 is 4.74 Å². The van der Waals surface area contributed by atoms with Gasteiger partial charge < -0.3 is 14.6 Å². The molecule has 1 aromatic heterocycles. The summed E-state index contributed by atoms with van der Waals surface area (Å²) in [6.07, 6.45) is 2.09. The maximum Gasteiger partial charge on any atom is 0.0594 e. The quantitative estimate of drug-likeness (QED) is 0.886. The fourth-order valence-electron chi connectivity index (χ4n) is 2.92. The third kappa shape index (κ3) is 3.97. The zero-order chi connectivity index (χ0) is 15.2. The molecule has 1 aliphatic heterocycles. The molecule has 1 aromatic carbocycles. The van der Waals surface area contributed by atoms with E-state index < -0.39 is 0 Å². The van der Waals surface area contributed by atoms with Crippen LogP contribution in [0, 0.1) is 0 Å². The first-order chi connectivity index (χ1) is 10.8. The van der Waals surface area contributed by atoms with Crippen molar-refractivity contribution in [2.75, 3.05) is 32.8 Å². The number of nitrogens with zero attached hydrogens (tertiary/aromatic N) is 2. The number of morpholine rings is 1. The standard InChI is InChI=1S/C18H25N3O/c1-20-9-5-8-17(20)14-19-18(16-6-3-2-4-7-16)15-21-10-12-22-13-11-21/h2-9,18-19H,10-15H2,1H3. The number of benzene rings is 1. The average Bonchev–Trinajstić information content (AvgIpc) is 2.98. The van der Waals surface area contributed by atoms with Crippen molar-refractivity contribution in [1.29, 1.82) is 0 Å². The predicted octanol–water partition coefficient (Wildman–Crippen LogP) is 2.19. The molecule has 1 unspecified atom stereocenters. The summed E-state index contributed by atoms with van der Waals surface area (Å²) in [6.45, 7) is 5.65. The van der Waals surface area contributed by atoms with Crippen molar-refractivity contribution in [2.45, 2.75) is 12.6 Å². The highest BCUT2D eigenvalue weighted by molar-refractivity contribution is 5.20. The highest BCUT2D eigenvalue weighted by atomic mass is 16.5. The molecule has 22 heavy (non-hydrogen) atoms. The lowest BCUT2D eigenvalue weighted by molar-refractivity contribution is 0.0333. The molecule has 2 heterocycles. The Kier molecular flexibility index (Phi) is 5.27. The molecule has 1 aliphatic rings. The van der Waals surface area contributed by atoms with E-state index in [1.807, 2.05) is 0 Å². The van der Waals surface area contributed by atoms with Crippen LogP contribution in [0.25, 0.3) is 0 Å². The molecule has 1 fully saturated rings. The molecule has 3 rings (SSSR count). The van der Waals surface area contributed by atoms with Crippen LogP contribution < -0.4 is 5.32 Å². The second-order valence-electron chi connectivity index (χ2n) is 5.87. The maximum absolute atomic E-state index is 5.46. The molecule has 0 saturated carbocycles. The molecule has 0 aliphatic carbocycles. The minimum Gasteiger partial charge on any atom is -0.379 e. The molecule has 1 saturated heterocycles. The molecule has 4 heteroatoms. The van der Waals surface area contributed by atoms with Gasteiger partial charge in [-0.2, -0.15) is 0 Å². The number of hydrogen-bond acceptors (Lipinski definition) is 3. The molecule has 0 spiro atoms. The van der Waals surface area contributed by atoms with Crippen molar-refractivity contribution in [2.24, 2.45) is 7.05 Å². The van der Waals surface area contributed by atoms with E-state index in [9.17, 15) is 0 Å². The number of nitrogens with one attached hydrogen (secondary N) is 1. The van der Waals surface area contributed by atoms with Crippen LogP contribution in [0.5, 0.6) is 0 Å². The van der Waals surface area contributed by atoms with Gasteiger partial charge in [-0.25, -0.2) is 0 Å². The summed E-state index contributed by atoms with van der Waals surface area (Å²) in [5.41, 5.74) is 2.66. The first kappa shape index (κ1) is 15.3. The second kappa shape index (κ2) is 7.58. The largest absolute Gasteiger partial charge is 0.379 e. The minimum atomic E-state index is 0.342. The molecular formula is C18H25N3O. The van der Waals surface area contributed by atoms with E-state index in [-0.39, 0.29) is 0 Å². The van der Waals surface area contributed by atoms with Gasteiger partial charge in [-0.15, -0.1) is 0 Å². The smallest absolute Gasteiger partial charge is 0.0594 e. The van der Waals surface area contributed by atoms with Gasteiger partial charge in [0.1, 0.15) is 0 Å². The molecule has 1 N–H and O–H groups in total. The fraction of sp³-hybridized carbons (Fsp3) is 0.444. The Balaban J connectivity index is 1.67. The predicted molar refractivity (Wildman–Crippen MR) is 88.7 cm³/mol. The Labute approximate surface area is 132 Å². The topological polar surface area (TPSA) is 29.4 Å². The Bertz CT molecular complexity index is 561. The number of hydrogen-bond donors (Lipinski definition) is 1. The van der Waals surface area contributed by atoms with Crippen LogP contribution in [0.4, 0.5) is 0 Å². The SMILES string of the molecule is Cn1cccc1CNC(CN1CCOCC1)c1ccccc1. The molecule has 0 bridgehead atoms. The van der Waals surface area contributed by atoms with E-state index in [1.165, 1.54) is 11.3 Å². The van der Waals surface area contributed by atoms with Crippen LogP contribution in [0.3, 0.4) is 0 Å². The lowest BCUT2D eigenvalue weighted by atomic mass is 10.1. The molecule has 0 amide bonds. The van der Waals surface area contributed by atoms with Gasteiger partial charge in [0.05, 0.1) is 13.2 Å². The second-order valence-corrected chi connectivity index (χ2v) is 5.87. The van der Waals surface area contributed by atoms with Crippen LogP contribution >= 0.6 is 0 Å². The van der Waals surface area contributed by atoms with Gasteiger partial charge >= 0.3 is 0 Å².